The number of aromatic nitrogens is 4. The first-order chi connectivity index (χ1) is 12.7. The lowest BCUT2D eigenvalue weighted by molar-refractivity contribution is 0.414. The summed E-state index contributed by atoms with van der Waals surface area (Å²) in [5, 5.41) is 7.57. The van der Waals surface area contributed by atoms with E-state index in [4.69, 9.17) is 4.74 Å². The smallest absolute Gasteiger partial charge is 0.261 e. The van der Waals surface area contributed by atoms with Gasteiger partial charge < -0.3 is 4.74 Å². The molecular formula is C20H18N4O2. The Bertz CT molecular complexity index is 1140. The topological polar surface area (TPSA) is 72.8 Å². The van der Waals surface area contributed by atoms with Gasteiger partial charge in [-0.05, 0) is 42.3 Å². The molecule has 2 aromatic carbocycles. The number of aromatic amines is 1. The fourth-order valence-corrected chi connectivity index (χ4v) is 3.05. The molecule has 0 saturated carbocycles. The molecule has 0 radical (unpaired) electrons. The quantitative estimate of drug-likeness (QED) is 0.616. The first-order valence-electron chi connectivity index (χ1n) is 8.28. The summed E-state index contributed by atoms with van der Waals surface area (Å²) in [4.78, 5) is 17.4. The van der Waals surface area contributed by atoms with E-state index in [-0.39, 0.29) is 5.56 Å². The Morgan fingerprint density at radius 2 is 2.08 bits per heavy atom. The highest BCUT2D eigenvalue weighted by Crippen LogP contribution is 2.23. The molecule has 0 saturated heterocycles. The van der Waals surface area contributed by atoms with E-state index in [1.165, 1.54) is 0 Å². The number of hydrogen-bond donors (Lipinski definition) is 1. The van der Waals surface area contributed by atoms with Crippen LogP contribution >= 0.6 is 0 Å². The van der Waals surface area contributed by atoms with Gasteiger partial charge in [0.15, 0.2) is 0 Å². The summed E-state index contributed by atoms with van der Waals surface area (Å²) in [5.41, 5.74) is 4.48. The van der Waals surface area contributed by atoms with Gasteiger partial charge in [0.25, 0.3) is 5.56 Å². The van der Waals surface area contributed by atoms with Crippen molar-refractivity contribution in [3.05, 3.63) is 76.6 Å². The molecular weight excluding hydrogens is 328 g/mol. The third-order valence-electron chi connectivity index (χ3n) is 4.45. The monoisotopic (exact) mass is 346 g/mol. The van der Waals surface area contributed by atoms with Crippen LogP contribution in [0, 0.1) is 6.92 Å². The van der Waals surface area contributed by atoms with Crippen molar-refractivity contribution >= 4 is 10.9 Å². The summed E-state index contributed by atoms with van der Waals surface area (Å²) in [5.74, 6) is 0.766. The van der Waals surface area contributed by atoms with E-state index in [1.807, 2.05) is 49.4 Å². The Labute approximate surface area is 150 Å². The number of nitrogens with zero attached hydrogens (tertiary/aromatic N) is 3. The normalized spacial score (nSPS) is 11.0. The van der Waals surface area contributed by atoms with Crippen LogP contribution in [0.1, 0.15) is 11.3 Å². The Morgan fingerprint density at radius 1 is 1.19 bits per heavy atom. The van der Waals surface area contributed by atoms with Crippen molar-refractivity contribution in [3.8, 4) is 16.9 Å². The molecule has 0 spiro atoms. The highest BCUT2D eigenvalue weighted by Gasteiger charge is 2.09. The van der Waals surface area contributed by atoms with Gasteiger partial charge in [0.05, 0.1) is 37.1 Å². The van der Waals surface area contributed by atoms with Gasteiger partial charge in [-0.3, -0.25) is 14.5 Å². The van der Waals surface area contributed by atoms with Gasteiger partial charge in [0.1, 0.15) is 5.75 Å². The second kappa shape index (κ2) is 6.48. The minimum absolute atomic E-state index is 0.0687. The zero-order chi connectivity index (χ0) is 18.1. The fourth-order valence-electron chi connectivity index (χ4n) is 3.05. The number of methoxy groups -OCH3 is 1. The Hall–Kier alpha value is -3.41. The van der Waals surface area contributed by atoms with Crippen LogP contribution in [-0.2, 0) is 6.54 Å². The highest BCUT2D eigenvalue weighted by atomic mass is 16.5. The van der Waals surface area contributed by atoms with Crippen molar-refractivity contribution in [3.63, 3.8) is 0 Å². The number of fused-ring (bicyclic) bond motifs is 1. The van der Waals surface area contributed by atoms with Crippen molar-refractivity contribution in [2.75, 3.05) is 7.11 Å². The van der Waals surface area contributed by atoms with E-state index < -0.39 is 0 Å². The molecule has 0 fully saturated rings. The number of benzene rings is 2. The number of aryl methyl sites for hydroxylation is 1. The maximum atomic E-state index is 13.0. The summed E-state index contributed by atoms with van der Waals surface area (Å²) in [7, 11) is 1.63. The van der Waals surface area contributed by atoms with E-state index in [1.54, 1.807) is 24.2 Å². The van der Waals surface area contributed by atoms with E-state index >= 15 is 0 Å². The minimum Gasteiger partial charge on any atom is -0.497 e. The van der Waals surface area contributed by atoms with Crippen LogP contribution in [0.2, 0.25) is 0 Å². The molecule has 1 N–H and O–H groups in total. The standard InChI is InChI=1S/C20H18N4O2/c1-13-18(10-22-23-13)15-6-7-19-17(9-15)20(25)24(12-21-19)11-14-4-3-5-16(8-14)26-2/h3-10,12H,11H2,1-2H3,(H,22,23). The van der Waals surface area contributed by atoms with Gasteiger partial charge in [-0.1, -0.05) is 18.2 Å². The van der Waals surface area contributed by atoms with Gasteiger partial charge in [0.2, 0.25) is 0 Å². The largest absolute Gasteiger partial charge is 0.497 e. The van der Waals surface area contributed by atoms with Crippen LogP contribution in [0.25, 0.3) is 22.0 Å². The molecule has 0 aliphatic rings. The number of nitrogens with one attached hydrogen (secondary N) is 1. The SMILES string of the molecule is COc1cccc(Cn2cnc3ccc(-c4cn[nH]c4C)cc3c2=O)c1. The van der Waals surface area contributed by atoms with Gasteiger partial charge in [0, 0.05) is 11.3 Å². The Balaban J connectivity index is 1.78. The lowest BCUT2D eigenvalue weighted by Crippen LogP contribution is -2.21. The lowest BCUT2D eigenvalue weighted by Gasteiger charge is -2.09. The van der Waals surface area contributed by atoms with Crippen LogP contribution in [-0.4, -0.2) is 26.9 Å². The number of rotatable bonds is 4. The molecule has 0 amide bonds. The summed E-state index contributed by atoms with van der Waals surface area (Å²) in [6, 6.07) is 13.4. The molecule has 0 unspecified atom stereocenters. The Kier molecular flexibility index (Phi) is 4.01. The summed E-state index contributed by atoms with van der Waals surface area (Å²) in [6.07, 6.45) is 3.36. The van der Waals surface area contributed by atoms with Crippen molar-refractivity contribution < 1.29 is 4.74 Å². The second-order valence-electron chi connectivity index (χ2n) is 6.17. The minimum atomic E-state index is -0.0687. The first kappa shape index (κ1) is 16.1. The van der Waals surface area contributed by atoms with Gasteiger partial charge in [-0.15, -0.1) is 0 Å². The Morgan fingerprint density at radius 3 is 2.85 bits per heavy atom. The predicted octanol–water partition coefficient (Wildman–Crippen LogP) is 3.15. The molecule has 0 aliphatic carbocycles. The van der Waals surface area contributed by atoms with Crippen molar-refractivity contribution in [1.29, 1.82) is 0 Å². The summed E-state index contributed by atoms with van der Waals surface area (Å²) in [6.45, 7) is 2.39. The number of H-pyrrole nitrogens is 1. The maximum Gasteiger partial charge on any atom is 0.261 e. The average Bonchev–Trinajstić information content (AvgIpc) is 3.10. The third kappa shape index (κ3) is 2.86. The van der Waals surface area contributed by atoms with Crippen LogP contribution in [0.5, 0.6) is 5.75 Å². The van der Waals surface area contributed by atoms with Crippen molar-refractivity contribution in [2.45, 2.75) is 13.5 Å². The van der Waals surface area contributed by atoms with E-state index in [9.17, 15) is 4.79 Å². The van der Waals surface area contributed by atoms with Crippen LogP contribution in [0.15, 0.2) is 59.8 Å². The van der Waals surface area contributed by atoms with Gasteiger partial charge in [-0.25, -0.2) is 4.98 Å². The lowest BCUT2D eigenvalue weighted by atomic mass is 10.0. The van der Waals surface area contributed by atoms with Crippen molar-refractivity contribution in [2.24, 2.45) is 0 Å². The maximum absolute atomic E-state index is 13.0. The van der Waals surface area contributed by atoms with E-state index in [0.29, 0.717) is 17.4 Å². The molecule has 2 aromatic heterocycles. The number of hydrogen-bond acceptors (Lipinski definition) is 4. The van der Waals surface area contributed by atoms with Gasteiger partial charge >= 0.3 is 0 Å². The summed E-state index contributed by atoms with van der Waals surface area (Å²) < 4.78 is 6.86. The van der Waals surface area contributed by atoms with Crippen LogP contribution in [0.4, 0.5) is 0 Å². The molecule has 6 heteroatoms. The molecule has 0 atom stereocenters. The van der Waals surface area contributed by atoms with E-state index in [0.717, 1.165) is 28.1 Å². The molecule has 6 nitrogen and oxygen atoms in total. The second-order valence-corrected chi connectivity index (χ2v) is 6.17. The summed E-state index contributed by atoms with van der Waals surface area (Å²) >= 11 is 0. The van der Waals surface area contributed by atoms with Gasteiger partial charge in [-0.2, -0.15) is 5.10 Å². The zero-order valence-electron chi connectivity index (χ0n) is 14.6. The molecule has 130 valence electrons. The molecule has 26 heavy (non-hydrogen) atoms. The molecule has 2 heterocycles. The fraction of sp³-hybridized carbons (Fsp3) is 0.150. The molecule has 4 aromatic rings. The molecule has 0 aliphatic heterocycles. The van der Waals surface area contributed by atoms with Crippen LogP contribution < -0.4 is 10.3 Å². The van der Waals surface area contributed by atoms with Crippen molar-refractivity contribution in [1.82, 2.24) is 19.7 Å². The highest BCUT2D eigenvalue weighted by molar-refractivity contribution is 5.84. The molecule has 0 bridgehead atoms. The average molecular weight is 346 g/mol. The predicted molar refractivity (Wildman–Crippen MR) is 100 cm³/mol. The number of ether oxygens (including phenoxy) is 1. The first-order valence-corrected chi connectivity index (χ1v) is 8.28. The third-order valence-corrected chi connectivity index (χ3v) is 4.45. The zero-order valence-corrected chi connectivity index (χ0v) is 14.6. The van der Waals surface area contributed by atoms with Crippen LogP contribution in [0.3, 0.4) is 0 Å². The van der Waals surface area contributed by atoms with E-state index in [2.05, 4.69) is 15.2 Å². The molecule has 4 rings (SSSR count).